The van der Waals surface area contributed by atoms with Crippen molar-refractivity contribution in [1.29, 1.82) is 0 Å². The third-order valence-corrected chi connectivity index (χ3v) is 3.14. The Kier molecular flexibility index (Phi) is 5.64. The van der Waals surface area contributed by atoms with E-state index in [2.05, 4.69) is 5.32 Å². The van der Waals surface area contributed by atoms with Crippen molar-refractivity contribution >= 4 is 23.4 Å². The molecule has 0 spiro atoms. The molecular formula is C12H16N2O3S. The van der Waals surface area contributed by atoms with Gasteiger partial charge in [-0.25, -0.2) is 0 Å². The average Bonchev–Trinajstić information content (AvgIpc) is 2.34. The van der Waals surface area contributed by atoms with E-state index in [4.69, 9.17) is 0 Å². The van der Waals surface area contributed by atoms with Gasteiger partial charge in [-0.15, -0.1) is 11.8 Å². The van der Waals surface area contributed by atoms with Gasteiger partial charge in [-0.3, -0.25) is 14.9 Å². The number of nitrogens with zero attached hydrogens (tertiary/aromatic N) is 1. The molecular weight excluding hydrogens is 252 g/mol. The maximum absolute atomic E-state index is 11.5. The number of nitro benzene ring substituents is 1. The van der Waals surface area contributed by atoms with Gasteiger partial charge in [0.25, 0.3) is 5.69 Å². The van der Waals surface area contributed by atoms with Crippen molar-refractivity contribution in [2.75, 3.05) is 12.3 Å². The molecule has 0 atom stereocenters. The quantitative estimate of drug-likeness (QED) is 0.488. The molecule has 1 amide bonds. The van der Waals surface area contributed by atoms with Crippen LogP contribution in [-0.4, -0.2) is 23.1 Å². The number of rotatable bonds is 6. The van der Waals surface area contributed by atoms with Crippen LogP contribution in [0.25, 0.3) is 0 Å². The predicted octanol–water partition coefficient (Wildman–Crippen LogP) is 2.46. The minimum absolute atomic E-state index is 0.0212. The summed E-state index contributed by atoms with van der Waals surface area (Å²) < 4.78 is 0. The zero-order valence-corrected chi connectivity index (χ0v) is 11.2. The zero-order valence-electron chi connectivity index (χ0n) is 10.4. The van der Waals surface area contributed by atoms with Crippen molar-refractivity contribution in [2.45, 2.75) is 18.7 Å². The number of carbonyl (C=O) groups is 1. The smallest absolute Gasteiger partial charge is 0.269 e. The molecule has 0 fully saturated rings. The summed E-state index contributed by atoms with van der Waals surface area (Å²) in [6.07, 6.45) is 0. The van der Waals surface area contributed by atoms with Gasteiger partial charge in [0, 0.05) is 23.6 Å². The fourth-order valence-electron chi connectivity index (χ4n) is 1.18. The SMILES string of the molecule is CC(C)CNC(=O)CSc1ccc([N+](=O)[O-])cc1. The molecule has 1 aromatic rings. The van der Waals surface area contributed by atoms with Crippen molar-refractivity contribution in [2.24, 2.45) is 5.92 Å². The fourth-order valence-corrected chi connectivity index (χ4v) is 1.91. The van der Waals surface area contributed by atoms with Crippen LogP contribution in [0.2, 0.25) is 0 Å². The highest BCUT2D eigenvalue weighted by molar-refractivity contribution is 8.00. The van der Waals surface area contributed by atoms with E-state index >= 15 is 0 Å². The van der Waals surface area contributed by atoms with Crippen LogP contribution in [0.1, 0.15) is 13.8 Å². The molecule has 1 aromatic carbocycles. The first kappa shape index (κ1) is 14.5. The van der Waals surface area contributed by atoms with Crippen LogP contribution in [0.15, 0.2) is 29.2 Å². The molecule has 18 heavy (non-hydrogen) atoms. The predicted molar refractivity (Wildman–Crippen MR) is 71.7 cm³/mol. The van der Waals surface area contributed by atoms with Crippen LogP contribution < -0.4 is 5.32 Å². The standard InChI is InChI=1S/C12H16N2O3S/c1-9(2)7-13-12(15)8-18-11-5-3-10(4-6-11)14(16)17/h3-6,9H,7-8H2,1-2H3,(H,13,15). The van der Waals surface area contributed by atoms with E-state index in [1.165, 1.54) is 23.9 Å². The number of nitrogens with one attached hydrogen (secondary N) is 1. The summed E-state index contributed by atoms with van der Waals surface area (Å²) in [4.78, 5) is 22.3. The lowest BCUT2D eigenvalue weighted by Gasteiger charge is -2.07. The summed E-state index contributed by atoms with van der Waals surface area (Å²) in [5.74, 6) is 0.732. The molecule has 0 saturated heterocycles. The lowest BCUT2D eigenvalue weighted by molar-refractivity contribution is -0.384. The number of hydrogen-bond donors (Lipinski definition) is 1. The highest BCUT2D eigenvalue weighted by Gasteiger charge is 2.06. The number of carbonyl (C=O) groups excluding carboxylic acids is 1. The molecule has 0 unspecified atom stereocenters. The Bertz CT molecular complexity index is 418. The second kappa shape index (κ2) is 7.00. The maximum atomic E-state index is 11.5. The van der Waals surface area contributed by atoms with Gasteiger partial charge in [-0.2, -0.15) is 0 Å². The Balaban J connectivity index is 2.39. The van der Waals surface area contributed by atoms with Crippen molar-refractivity contribution in [3.8, 4) is 0 Å². The molecule has 0 saturated carbocycles. The summed E-state index contributed by atoms with van der Waals surface area (Å²) in [6, 6.07) is 6.18. The Morgan fingerprint density at radius 3 is 2.50 bits per heavy atom. The maximum Gasteiger partial charge on any atom is 0.269 e. The summed E-state index contributed by atoms with van der Waals surface area (Å²) in [7, 11) is 0. The second-order valence-corrected chi connectivity index (χ2v) is 5.29. The van der Waals surface area contributed by atoms with Crippen molar-refractivity contribution in [1.82, 2.24) is 5.32 Å². The molecule has 0 aliphatic rings. The average molecular weight is 268 g/mol. The molecule has 0 heterocycles. The lowest BCUT2D eigenvalue weighted by atomic mass is 10.2. The Morgan fingerprint density at radius 2 is 2.00 bits per heavy atom. The molecule has 98 valence electrons. The fraction of sp³-hybridized carbons (Fsp3) is 0.417. The van der Waals surface area contributed by atoms with E-state index in [1.807, 2.05) is 13.8 Å². The molecule has 1 N–H and O–H groups in total. The first-order valence-electron chi connectivity index (χ1n) is 5.63. The van der Waals surface area contributed by atoms with Gasteiger partial charge in [0.05, 0.1) is 10.7 Å². The van der Waals surface area contributed by atoms with Gasteiger partial charge in [0.15, 0.2) is 0 Å². The Morgan fingerprint density at radius 1 is 1.39 bits per heavy atom. The van der Waals surface area contributed by atoms with E-state index in [1.54, 1.807) is 12.1 Å². The summed E-state index contributed by atoms with van der Waals surface area (Å²) in [5, 5.41) is 13.3. The van der Waals surface area contributed by atoms with Gasteiger partial charge in [0.1, 0.15) is 0 Å². The van der Waals surface area contributed by atoms with E-state index in [9.17, 15) is 14.9 Å². The molecule has 6 heteroatoms. The van der Waals surface area contributed by atoms with Crippen LogP contribution in [-0.2, 0) is 4.79 Å². The van der Waals surface area contributed by atoms with Gasteiger partial charge >= 0.3 is 0 Å². The molecule has 0 bridgehead atoms. The highest BCUT2D eigenvalue weighted by Crippen LogP contribution is 2.20. The van der Waals surface area contributed by atoms with Gasteiger partial charge in [-0.1, -0.05) is 13.8 Å². The lowest BCUT2D eigenvalue weighted by Crippen LogP contribution is -2.28. The molecule has 0 radical (unpaired) electrons. The van der Waals surface area contributed by atoms with Crippen molar-refractivity contribution < 1.29 is 9.72 Å². The number of non-ortho nitro benzene ring substituents is 1. The van der Waals surface area contributed by atoms with Gasteiger partial charge < -0.3 is 5.32 Å². The van der Waals surface area contributed by atoms with E-state index in [-0.39, 0.29) is 11.6 Å². The summed E-state index contributed by atoms with van der Waals surface area (Å²) >= 11 is 1.37. The second-order valence-electron chi connectivity index (χ2n) is 4.24. The molecule has 0 aliphatic carbocycles. The molecule has 0 aliphatic heterocycles. The topological polar surface area (TPSA) is 72.2 Å². The minimum Gasteiger partial charge on any atom is -0.355 e. The minimum atomic E-state index is -0.441. The molecule has 1 rings (SSSR count). The van der Waals surface area contributed by atoms with Crippen molar-refractivity contribution in [3.05, 3.63) is 34.4 Å². The first-order chi connectivity index (χ1) is 8.49. The number of nitro groups is 1. The first-order valence-corrected chi connectivity index (χ1v) is 6.61. The van der Waals surface area contributed by atoms with E-state index < -0.39 is 4.92 Å². The van der Waals surface area contributed by atoms with E-state index in [0.717, 1.165) is 4.90 Å². The van der Waals surface area contributed by atoms with Crippen LogP contribution in [0.4, 0.5) is 5.69 Å². The summed E-state index contributed by atoms with van der Waals surface area (Å²) in [6.45, 7) is 4.73. The van der Waals surface area contributed by atoms with Gasteiger partial charge in [-0.05, 0) is 18.1 Å². The molecule has 0 aromatic heterocycles. The number of thioether (sulfide) groups is 1. The highest BCUT2D eigenvalue weighted by atomic mass is 32.2. The van der Waals surface area contributed by atoms with Crippen molar-refractivity contribution in [3.63, 3.8) is 0 Å². The van der Waals surface area contributed by atoms with Crippen LogP contribution in [0.3, 0.4) is 0 Å². The monoisotopic (exact) mass is 268 g/mol. The van der Waals surface area contributed by atoms with E-state index in [0.29, 0.717) is 18.2 Å². The molecule has 5 nitrogen and oxygen atoms in total. The van der Waals surface area contributed by atoms with Gasteiger partial charge in [0.2, 0.25) is 5.91 Å². The Labute approximate surface area is 110 Å². The number of benzene rings is 1. The third kappa shape index (κ3) is 5.18. The Hall–Kier alpha value is -1.56. The normalized spacial score (nSPS) is 10.4. The zero-order chi connectivity index (χ0) is 13.5. The number of hydrogen-bond acceptors (Lipinski definition) is 4. The number of amides is 1. The largest absolute Gasteiger partial charge is 0.355 e. The third-order valence-electron chi connectivity index (χ3n) is 2.12. The van der Waals surface area contributed by atoms with Crippen LogP contribution in [0, 0.1) is 16.0 Å². The van der Waals surface area contributed by atoms with Crippen LogP contribution >= 0.6 is 11.8 Å². The van der Waals surface area contributed by atoms with Crippen LogP contribution in [0.5, 0.6) is 0 Å². The summed E-state index contributed by atoms with van der Waals surface area (Å²) in [5.41, 5.74) is 0.0589.